The highest BCUT2D eigenvalue weighted by atomic mass is 16.6. The lowest BCUT2D eigenvalue weighted by atomic mass is 9.50. The van der Waals surface area contributed by atoms with Gasteiger partial charge >= 0.3 is 17.9 Å². The molecule has 7 heteroatoms. The molecule has 2 saturated carbocycles. The fourth-order valence-corrected chi connectivity index (χ4v) is 7.34. The van der Waals surface area contributed by atoms with Crippen molar-refractivity contribution in [3.8, 4) is 0 Å². The number of hydrogen-bond acceptors (Lipinski definition) is 7. The Balaban J connectivity index is 1.73. The van der Waals surface area contributed by atoms with Crippen LogP contribution in [0.25, 0.3) is 6.08 Å². The van der Waals surface area contributed by atoms with Crippen LogP contribution >= 0.6 is 0 Å². The lowest BCUT2D eigenvalue weighted by molar-refractivity contribution is -0.186. The zero-order chi connectivity index (χ0) is 29.4. The first-order chi connectivity index (χ1) is 18.8. The van der Waals surface area contributed by atoms with Crippen molar-refractivity contribution < 1.29 is 33.7 Å². The van der Waals surface area contributed by atoms with Crippen LogP contribution in [-0.4, -0.2) is 47.4 Å². The molecule has 1 N–H and O–H groups in total. The number of aliphatic hydroxyl groups excluding tert-OH is 1. The van der Waals surface area contributed by atoms with Gasteiger partial charge in [-0.05, 0) is 78.2 Å². The van der Waals surface area contributed by atoms with Gasteiger partial charge in [0.15, 0.2) is 6.10 Å². The minimum absolute atomic E-state index is 0.0334. The third kappa shape index (κ3) is 5.67. The maximum atomic E-state index is 12.8. The molecule has 0 radical (unpaired) electrons. The zero-order valence-corrected chi connectivity index (χ0v) is 24.4. The van der Waals surface area contributed by atoms with E-state index >= 15 is 0 Å². The van der Waals surface area contributed by atoms with Gasteiger partial charge in [-0.15, -0.1) is 0 Å². The van der Waals surface area contributed by atoms with E-state index in [2.05, 4.69) is 27.4 Å². The number of aliphatic hydroxyl groups is 1. The van der Waals surface area contributed by atoms with Crippen LogP contribution in [0.1, 0.15) is 72.8 Å². The van der Waals surface area contributed by atoms with Gasteiger partial charge in [0.25, 0.3) is 0 Å². The Kier molecular flexibility index (Phi) is 8.46. The van der Waals surface area contributed by atoms with Crippen LogP contribution in [-0.2, 0) is 28.6 Å². The summed E-state index contributed by atoms with van der Waals surface area (Å²) in [5.41, 5.74) is 2.14. The summed E-state index contributed by atoms with van der Waals surface area (Å²) in [5, 5.41) is 11.1. The summed E-state index contributed by atoms with van der Waals surface area (Å²) in [4.78, 5) is 37.7. The SMILES string of the molecule is C=C1[C@@H](OC(=O)/C=C/c2ccccc2)CC[C@]2(C)[C@@H]1C[C@@H]1C[C@H](O)C(C)=C([C@@H](OC(C)=O)[C@@H]2OC(C)=O)C1(C)C. The van der Waals surface area contributed by atoms with Crippen LogP contribution in [0, 0.1) is 22.7 Å². The molecule has 7 atom stereocenters. The van der Waals surface area contributed by atoms with E-state index in [9.17, 15) is 19.5 Å². The second kappa shape index (κ2) is 11.4. The lowest BCUT2D eigenvalue weighted by Gasteiger charge is -2.58. The monoisotopic (exact) mass is 550 g/mol. The number of benzene rings is 1. The van der Waals surface area contributed by atoms with Crippen LogP contribution in [0.2, 0.25) is 0 Å². The topological polar surface area (TPSA) is 99.1 Å². The van der Waals surface area contributed by atoms with Crippen molar-refractivity contribution in [3.05, 3.63) is 65.3 Å². The van der Waals surface area contributed by atoms with Gasteiger partial charge in [0.2, 0.25) is 0 Å². The van der Waals surface area contributed by atoms with E-state index in [1.54, 1.807) is 6.08 Å². The summed E-state index contributed by atoms with van der Waals surface area (Å²) < 4.78 is 17.9. The molecule has 7 nitrogen and oxygen atoms in total. The number of carbonyl (C=O) groups excluding carboxylic acids is 3. The predicted octanol–water partition coefficient (Wildman–Crippen LogP) is 5.57. The number of rotatable bonds is 5. The Bertz CT molecular complexity index is 1230. The number of hydrogen-bond donors (Lipinski definition) is 1. The minimum atomic E-state index is -0.859. The molecule has 4 rings (SSSR count). The highest BCUT2D eigenvalue weighted by molar-refractivity contribution is 5.87. The molecular formula is C33H42O7. The minimum Gasteiger partial charge on any atom is -0.458 e. The quantitative estimate of drug-likeness (QED) is 0.221. The smallest absolute Gasteiger partial charge is 0.331 e. The average molecular weight is 551 g/mol. The van der Waals surface area contributed by atoms with Gasteiger partial charge in [0, 0.05) is 25.3 Å². The standard InChI is InChI=1S/C33H42O7/c1-19-25-17-24-18-26(36)20(2)29(32(24,5)6)30(38-21(3)34)31(39-22(4)35)33(25,7)16-15-27(19)40-28(37)14-13-23-11-9-8-10-12-23/h8-14,24-27,30-31,36H,1,15-18H2,2-7H3/b14-13+/t24-,25-,26+,27+,30-,31+,33-/m1/s1. The number of fused-ring (bicyclic) bond motifs is 3. The van der Waals surface area contributed by atoms with E-state index in [1.165, 1.54) is 19.9 Å². The van der Waals surface area contributed by atoms with Crippen LogP contribution in [0.4, 0.5) is 0 Å². The average Bonchev–Trinajstić information content (AvgIpc) is 2.88. The van der Waals surface area contributed by atoms with Crippen LogP contribution in [0.15, 0.2) is 59.7 Å². The third-order valence-corrected chi connectivity index (χ3v) is 9.54. The Morgan fingerprint density at radius 3 is 2.27 bits per heavy atom. The van der Waals surface area contributed by atoms with Crippen molar-refractivity contribution in [3.63, 3.8) is 0 Å². The highest BCUT2D eigenvalue weighted by Gasteiger charge is 2.60. The van der Waals surface area contributed by atoms with E-state index in [4.69, 9.17) is 14.2 Å². The molecule has 0 aromatic heterocycles. The largest absolute Gasteiger partial charge is 0.458 e. The molecule has 3 aliphatic rings. The van der Waals surface area contributed by atoms with Gasteiger partial charge in [-0.3, -0.25) is 9.59 Å². The van der Waals surface area contributed by atoms with Crippen LogP contribution in [0.3, 0.4) is 0 Å². The second-order valence-electron chi connectivity index (χ2n) is 12.4. The first-order valence-corrected chi connectivity index (χ1v) is 14.1. The van der Waals surface area contributed by atoms with Gasteiger partial charge in [0.05, 0.1) is 6.10 Å². The normalized spacial score (nSPS) is 33.4. The maximum Gasteiger partial charge on any atom is 0.331 e. The van der Waals surface area contributed by atoms with Gasteiger partial charge in [-0.25, -0.2) is 4.79 Å². The summed E-state index contributed by atoms with van der Waals surface area (Å²) in [7, 11) is 0. The maximum absolute atomic E-state index is 12.8. The zero-order valence-electron chi connectivity index (χ0n) is 24.4. The van der Waals surface area contributed by atoms with Gasteiger partial charge in [0.1, 0.15) is 12.2 Å². The summed E-state index contributed by atoms with van der Waals surface area (Å²) in [5.74, 6) is -1.59. The highest BCUT2D eigenvalue weighted by Crippen LogP contribution is 2.60. The molecule has 0 aliphatic heterocycles. The molecule has 40 heavy (non-hydrogen) atoms. The molecule has 0 spiro atoms. The Morgan fingerprint density at radius 1 is 1.00 bits per heavy atom. The van der Waals surface area contributed by atoms with Crippen molar-refractivity contribution in [2.75, 3.05) is 0 Å². The molecule has 0 amide bonds. The van der Waals surface area contributed by atoms with Gasteiger partial charge in [-0.2, -0.15) is 0 Å². The summed E-state index contributed by atoms with van der Waals surface area (Å²) in [6.07, 6.45) is 2.54. The lowest BCUT2D eigenvalue weighted by Crippen LogP contribution is -2.59. The summed E-state index contributed by atoms with van der Waals surface area (Å²) >= 11 is 0. The molecule has 0 saturated heterocycles. The van der Waals surface area contributed by atoms with Gasteiger partial charge < -0.3 is 19.3 Å². The summed E-state index contributed by atoms with van der Waals surface area (Å²) in [6.45, 7) is 15.3. The molecule has 3 aliphatic carbocycles. The predicted molar refractivity (Wildman–Crippen MR) is 152 cm³/mol. The van der Waals surface area contributed by atoms with E-state index in [-0.39, 0.29) is 11.8 Å². The van der Waals surface area contributed by atoms with E-state index < -0.39 is 53.2 Å². The van der Waals surface area contributed by atoms with Crippen molar-refractivity contribution in [1.82, 2.24) is 0 Å². The van der Waals surface area contributed by atoms with E-state index in [1.807, 2.05) is 37.3 Å². The summed E-state index contributed by atoms with van der Waals surface area (Å²) in [6, 6.07) is 9.52. The molecular weight excluding hydrogens is 508 g/mol. The second-order valence-corrected chi connectivity index (χ2v) is 12.4. The third-order valence-electron chi connectivity index (χ3n) is 9.54. The van der Waals surface area contributed by atoms with Crippen molar-refractivity contribution in [2.45, 2.75) is 91.6 Å². The van der Waals surface area contributed by atoms with Crippen molar-refractivity contribution in [2.24, 2.45) is 22.7 Å². The molecule has 216 valence electrons. The van der Waals surface area contributed by atoms with E-state index in [0.717, 1.165) is 22.3 Å². The molecule has 0 heterocycles. The van der Waals surface area contributed by atoms with E-state index in [0.29, 0.717) is 25.7 Å². The van der Waals surface area contributed by atoms with Gasteiger partial charge in [-0.1, -0.05) is 57.7 Å². The Morgan fingerprint density at radius 2 is 1.65 bits per heavy atom. The Labute approximate surface area is 237 Å². The molecule has 0 unspecified atom stereocenters. The van der Waals surface area contributed by atoms with Crippen LogP contribution in [0.5, 0.6) is 0 Å². The molecule has 2 fully saturated rings. The van der Waals surface area contributed by atoms with Crippen molar-refractivity contribution in [1.29, 1.82) is 0 Å². The molecule has 2 bridgehead atoms. The number of esters is 3. The van der Waals surface area contributed by atoms with Crippen LogP contribution < -0.4 is 0 Å². The first kappa shape index (κ1) is 29.8. The molecule has 1 aromatic carbocycles. The Hall–Kier alpha value is -3.19. The number of ether oxygens (including phenoxy) is 3. The number of carbonyl (C=O) groups is 3. The van der Waals surface area contributed by atoms with Crippen molar-refractivity contribution >= 4 is 24.0 Å². The fraction of sp³-hybridized carbons (Fsp3) is 0.545. The fourth-order valence-electron chi connectivity index (χ4n) is 7.34. The molecule has 1 aromatic rings. The first-order valence-electron chi connectivity index (χ1n) is 14.1.